The molecular formula is C25H31ClN2O3. The molecule has 3 rings (SSSR count). The molecule has 6 heteroatoms. The lowest BCUT2D eigenvalue weighted by molar-refractivity contribution is -0.154. The van der Waals surface area contributed by atoms with Crippen molar-refractivity contribution in [3.8, 4) is 0 Å². The molecule has 2 N–H and O–H groups in total. The van der Waals surface area contributed by atoms with Gasteiger partial charge in [0, 0.05) is 41.1 Å². The zero-order valence-corrected chi connectivity index (χ0v) is 19.4. The zero-order valence-electron chi connectivity index (χ0n) is 18.6. The van der Waals surface area contributed by atoms with Crippen molar-refractivity contribution < 1.29 is 14.7 Å². The summed E-state index contributed by atoms with van der Waals surface area (Å²) in [4.78, 5) is 27.4. The summed E-state index contributed by atoms with van der Waals surface area (Å²) in [6, 6.07) is 16.2. The van der Waals surface area contributed by atoms with Crippen LogP contribution in [0.4, 0.5) is 0 Å². The first kappa shape index (κ1) is 23.3. The van der Waals surface area contributed by atoms with E-state index in [1.54, 1.807) is 29.2 Å². The van der Waals surface area contributed by atoms with Gasteiger partial charge in [-0.2, -0.15) is 0 Å². The van der Waals surface area contributed by atoms with Gasteiger partial charge in [-0.15, -0.1) is 0 Å². The average Bonchev–Trinajstić information content (AvgIpc) is 2.70. The van der Waals surface area contributed by atoms with Crippen LogP contribution >= 0.6 is 11.6 Å². The minimum Gasteiger partial charge on any atom is -0.384 e. The van der Waals surface area contributed by atoms with E-state index < -0.39 is 16.6 Å². The fourth-order valence-electron chi connectivity index (χ4n) is 4.30. The van der Waals surface area contributed by atoms with E-state index in [0.29, 0.717) is 30.1 Å². The Kier molecular flexibility index (Phi) is 6.49. The number of piperidine rings is 1. The highest BCUT2D eigenvalue weighted by Gasteiger charge is 2.49. The van der Waals surface area contributed by atoms with Crippen molar-refractivity contribution in [2.75, 3.05) is 13.1 Å². The molecule has 0 radical (unpaired) electrons. The summed E-state index contributed by atoms with van der Waals surface area (Å²) in [5, 5.41) is 15.1. The molecule has 1 atom stereocenters. The monoisotopic (exact) mass is 442 g/mol. The Morgan fingerprint density at radius 3 is 2.29 bits per heavy atom. The molecule has 5 nitrogen and oxygen atoms in total. The number of aliphatic hydroxyl groups is 1. The predicted octanol–water partition coefficient (Wildman–Crippen LogP) is 4.38. The standard InChI is InChI=1S/C25H31ClN2O3/c1-23(2)17-28(15-14-25(23,31)19-10-12-20(26)13-11-19)21(29)16-24(3,4)27-22(30)18-8-6-5-7-9-18/h5-13,31H,14-17H2,1-4H3,(H,27,30)/t25-/m0/s1. The van der Waals surface area contributed by atoms with Gasteiger partial charge in [0.15, 0.2) is 0 Å². The molecule has 0 saturated carbocycles. The number of carbonyl (C=O) groups is 2. The highest BCUT2D eigenvalue weighted by molar-refractivity contribution is 6.30. The van der Waals surface area contributed by atoms with E-state index in [0.717, 1.165) is 5.56 Å². The van der Waals surface area contributed by atoms with Crippen molar-refractivity contribution in [1.29, 1.82) is 0 Å². The van der Waals surface area contributed by atoms with Gasteiger partial charge in [-0.3, -0.25) is 9.59 Å². The van der Waals surface area contributed by atoms with Crippen LogP contribution in [0.25, 0.3) is 0 Å². The number of carbonyl (C=O) groups excluding carboxylic acids is 2. The van der Waals surface area contributed by atoms with Gasteiger partial charge in [-0.25, -0.2) is 0 Å². The van der Waals surface area contributed by atoms with Gasteiger partial charge in [0.1, 0.15) is 0 Å². The molecule has 31 heavy (non-hydrogen) atoms. The molecule has 0 aromatic heterocycles. The normalized spacial score (nSPS) is 20.9. The lowest BCUT2D eigenvalue weighted by atomic mass is 9.66. The van der Waals surface area contributed by atoms with Crippen LogP contribution < -0.4 is 5.32 Å². The summed E-state index contributed by atoms with van der Waals surface area (Å²) in [5.74, 6) is -0.237. The highest BCUT2D eigenvalue weighted by Crippen LogP contribution is 2.46. The van der Waals surface area contributed by atoms with Crippen molar-refractivity contribution in [2.24, 2.45) is 5.41 Å². The maximum absolute atomic E-state index is 13.1. The van der Waals surface area contributed by atoms with Crippen LogP contribution in [0.3, 0.4) is 0 Å². The fraction of sp³-hybridized carbons (Fsp3) is 0.440. The largest absolute Gasteiger partial charge is 0.384 e. The second kappa shape index (κ2) is 8.64. The maximum Gasteiger partial charge on any atom is 0.251 e. The van der Waals surface area contributed by atoms with Crippen molar-refractivity contribution in [1.82, 2.24) is 10.2 Å². The van der Waals surface area contributed by atoms with Crippen LogP contribution in [0, 0.1) is 5.41 Å². The SMILES string of the molecule is CC(C)(CC(=O)N1CC[C@](O)(c2ccc(Cl)cc2)C(C)(C)C1)NC(=O)c1ccccc1. The van der Waals surface area contributed by atoms with E-state index in [9.17, 15) is 14.7 Å². The lowest BCUT2D eigenvalue weighted by Gasteiger charge is -2.51. The van der Waals surface area contributed by atoms with Gasteiger partial charge < -0.3 is 15.3 Å². The van der Waals surface area contributed by atoms with Gasteiger partial charge in [0.25, 0.3) is 5.91 Å². The van der Waals surface area contributed by atoms with Crippen LogP contribution in [0.2, 0.25) is 5.02 Å². The third kappa shape index (κ3) is 5.10. The quantitative estimate of drug-likeness (QED) is 0.721. The summed E-state index contributed by atoms with van der Waals surface area (Å²) in [5.41, 5.74) is -0.921. The molecular weight excluding hydrogens is 412 g/mol. The first-order valence-corrected chi connectivity index (χ1v) is 11.0. The van der Waals surface area contributed by atoms with Crippen molar-refractivity contribution in [2.45, 2.75) is 51.7 Å². The Morgan fingerprint density at radius 2 is 1.71 bits per heavy atom. The predicted molar refractivity (Wildman–Crippen MR) is 123 cm³/mol. The summed E-state index contributed by atoms with van der Waals surface area (Å²) in [7, 11) is 0. The number of likely N-dealkylation sites (tertiary alicyclic amines) is 1. The minimum absolute atomic E-state index is 0.0374. The molecule has 0 spiro atoms. The van der Waals surface area contributed by atoms with Gasteiger partial charge in [-0.1, -0.05) is 55.8 Å². The Morgan fingerprint density at radius 1 is 1.10 bits per heavy atom. The highest BCUT2D eigenvalue weighted by atomic mass is 35.5. The molecule has 1 aliphatic heterocycles. The number of amides is 2. The van der Waals surface area contributed by atoms with Crippen LogP contribution in [-0.4, -0.2) is 40.4 Å². The second-order valence-electron chi connectivity index (χ2n) is 9.70. The van der Waals surface area contributed by atoms with E-state index in [1.807, 2.05) is 58.0 Å². The van der Waals surface area contributed by atoms with Crippen LogP contribution in [-0.2, 0) is 10.4 Å². The Balaban J connectivity index is 1.66. The summed E-state index contributed by atoms with van der Waals surface area (Å²) >= 11 is 6.00. The third-order valence-electron chi connectivity index (χ3n) is 6.20. The molecule has 1 heterocycles. The van der Waals surface area contributed by atoms with Crippen LogP contribution in [0.15, 0.2) is 54.6 Å². The smallest absolute Gasteiger partial charge is 0.251 e. The number of hydrogen-bond acceptors (Lipinski definition) is 3. The molecule has 2 aromatic carbocycles. The van der Waals surface area contributed by atoms with Crippen LogP contribution in [0.1, 0.15) is 56.5 Å². The molecule has 1 saturated heterocycles. The van der Waals surface area contributed by atoms with E-state index in [4.69, 9.17) is 11.6 Å². The first-order chi connectivity index (χ1) is 14.4. The van der Waals surface area contributed by atoms with Gasteiger partial charge in [0.2, 0.25) is 5.91 Å². The molecule has 0 bridgehead atoms. The topological polar surface area (TPSA) is 69.6 Å². The Labute approximate surface area is 189 Å². The second-order valence-corrected chi connectivity index (χ2v) is 10.1. The van der Waals surface area contributed by atoms with Gasteiger partial charge >= 0.3 is 0 Å². The summed E-state index contributed by atoms with van der Waals surface area (Å²) in [6.07, 6.45) is 0.616. The molecule has 2 aromatic rings. The molecule has 2 amide bonds. The Hall–Kier alpha value is -2.37. The number of nitrogens with one attached hydrogen (secondary N) is 1. The Bertz CT molecular complexity index is 941. The average molecular weight is 443 g/mol. The lowest BCUT2D eigenvalue weighted by Crippen LogP contribution is -2.58. The van der Waals surface area contributed by atoms with Crippen molar-refractivity contribution in [3.05, 3.63) is 70.7 Å². The van der Waals surface area contributed by atoms with E-state index >= 15 is 0 Å². The molecule has 1 aliphatic rings. The van der Waals surface area contributed by atoms with Gasteiger partial charge in [-0.05, 0) is 50.1 Å². The van der Waals surface area contributed by atoms with Gasteiger partial charge in [0.05, 0.1) is 5.60 Å². The first-order valence-electron chi connectivity index (χ1n) is 10.6. The fourth-order valence-corrected chi connectivity index (χ4v) is 4.42. The maximum atomic E-state index is 13.1. The number of hydrogen-bond donors (Lipinski definition) is 2. The molecule has 0 unspecified atom stereocenters. The number of rotatable bonds is 5. The number of nitrogens with zero attached hydrogens (tertiary/aromatic N) is 1. The van der Waals surface area contributed by atoms with E-state index in [2.05, 4.69) is 5.32 Å². The number of halogens is 1. The molecule has 0 aliphatic carbocycles. The summed E-state index contributed by atoms with van der Waals surface area (Å²) in [6.45, 7) is 8.53. The van der Waals surface area contributed by atoms with E-state index in [1.165, 1.54) is 0 Å². The van der Waals surface area contributed by atoms with Crippen molar-refractivity contribution in [3.63, 3.8) is 0 Å². The zero-order chi connectivity index (χ0) is 22.9. The van der Waals surface area contributed by atoms with Crippen LogP contribution in [0.5, 0.6) is 0 Å². The molecule has 166 valence electrons. The summed E-state index contributed by atoms with van der Waals surface area (Å²) < 4.78 is 0. The number of benzene rings is 2. The van der Waals surface area contributed by atoms with E-state index in [-0.39, 0.29) is 18.2 Å². The third-order valence-corrected chi connectivity index (χ3v) is 6.46. The van der Waals surface area contributed by atoms with Crippen molar-refractivity contribution >= 4 is 23.4 Å². The molecule has 1 fully saturated rings. The minimum atomic E-state index is -1.05.